The molecule has 0 bridgehead atoms. The maximum Gasteiger partial charge on any atom is 0.262 e. The van der Waals surface area contributed by atoms with Gasteiger partial charge in [-0.15, -0.1) is 0 Å². The number of nitrogens with one attached hydrogen (secondary N) is 1. The molecule has 5 nitrogen and oxygen atoms in total. The van der Waals surface area contributed by atoms with Crippen molar-refractivity contribution < 1.29 is 14.3 Å². The number of rotatable bonds is 5. The van der Waals surface area contributed by atoms with E-state index in [0.717, 1.165) is 0 Å². The molecule has 2 rings (SSSR count). The number of ketones is 1. The standard InChI is InChI=1S/C16H15ClN2O3/c1-10(20)11-6-7-15(13(18)8-11)22-9-16(21)19-14-5-3-2-4-12(14)17/h2-8H,9,18H2,1H3,(H,19,21). The molecule has 0 heterocycles. The predicted octanol–water partition coefficient (Wildman–Crippen LogP) is 3.14. The normalized spacial score (nSPS) is 10.1. The number of amides is 1. The fraction of sp³-hybridized carbons (Fsp3) is 0.125. The van der Waals surface area contributed by atoms with E-state index in [9.17, 15) is 9.59 Å². The molecule has 0 unspecified atom stereocenters. The summed E-state index contributed by atoms with van der Waals surface area (Å²) in [5.74, 6) is -0.0998. The number of carbonyl (C=O) groups is 2. The highest BCUT2D eigenvalue weighted by atomic mass is 35.5. The van der Waals surface area contributed by atoms with Crippen molar-refractivity contribution in [3.05, 3.63) is 53.1 Å². The highest BCUT2D eigenvalue weighted by Crippen LogP contribution is 2.23. The number of anilines is 2. The fourth-order valence-electron chi connectivity index (χ4n) is 1.79. The zero-order valence-electron chi connectivity index (χ0n) is 11.9. The van der Waals surface area contributed by atoms with E-state index < -0.39 is 0 Å². The van der Waals surface area contributed by atoms with Gasteiger partial charge in [0.05, 0.1) is 16.4 Å². The van der Waals surface area contributed by atoms with Gasteiger partial charge in [-0.2, -0.15) is 0 Å². The van der Waals surface area contributed by atoms with Gasteiger partial charge in [0.15, 0.2) is 12.4 Å². The number of nitrogen functional groups attached to an aromatic ring is 1. The molecule has 0 aromatic heterocycles. The number of hydrogen-bond acceptors (Lipinski definition) is 4. The lowest BCUT2D eigenvalue weighted by molar-refractivity contribution is -0.118. The topological polar surface area (TPSA) is 81.4 Å². The lowest BCUT2D eigenvalue weighted by Gasteiger charge is -2.10. The van der Waals surface area contributed by atoms with Crippen LogP contribution in [0.25, 0.3) is 0 Å². The maximum absolute atomic E-state index is 11.8. The zero-order chi connectivity index (χ0) is 16.1. The first kappa shape index (κ1) is 15.9. The summed E-state index contributed by atoms with van der Waals surface area (Å²) < 4.78 is 5.35. The lowest BCUT2D eigenvalue weighted by atomic mass is 10.1. The molecule has 2 aromatic carbocycles. The Morgan fingerprint density at radius 2 is 1.95 bits per heavy atom. The lowest BCUT2D eigenvalue weighted by Crippen LogP contribution is -2.20. The molecule has 0 aliphatic carbocycles. The van der Waals surface area contributed by atoms with Gasteiger partial charge in [0, 0.05) is 5.56 Å². The molecule has 0 fully saturated rings. The van der Waals surface area contributed by atoms with Crippen LogP contribution in [0, 0.1) is 0 Å². The van der Waals surface area contributed by atoms with Crippen LogP contribution < -0.4 is 15.8 Å². The minimum absolute atomic E-state index is 0.0882. The van der Waals surface area contributed by atoms with Gasteiger partial charge in [0.2, 0.25) is 0 Å². The van der Waals surface area contributed by atoms with Crippen LogP contribution in [0.15, 0.2) is 42.5 Å². The molecular weight excluding hydrogens is 304 g/mol. The van der Waals surface area contributed by atoms with Crippen LogP contribution in [0.5, 0.6) is 5.75 Å². The minimum Gasteiger partial charge on any atom is -0.482 e. The van der Waals surface area contributed by atoms with E-state index in [2.05, 4.69) is 5.32 Å². The molecular formula is C16H15ClN2O3. The summed E-state index contributed by atoms with van der Waals surface area (Å²) in [4.78, 5) is 23.1. The van der Waals surface area contributed by atoms with E-state index in [0.29, 0.717) is 27.7 Å². The van der Waals surface area contributed by atoms with E-state index >= 15 is 0 Å². The van der Waals surface area contributed by atoms with Crippen molar-refractivity contribution in [3.8, 4) is 5.75 Å². The summed E-state index contributed by atoms with van der Waals surface area (Å²) in [5.41, 5.74) is 7.10. The zero-order valence-corrected chi connectivity index (χ0v) is 12.7. The number of ether oxygens (including phenoxy) is 1. The van der Waals surface area contributed by atoms with Crippen molar-refractivity contribution in [2.45, 2.75) is 6.92 Å². The molecule has 1 amide bonds. The molecule has 0 aliphatic rings. The number of para-hydroxylation sites is 1. The van der Waals surface area contributed by atoms with E-state index in [1.165, 1.54) is 13.0 Å². The monoisotopic (exact) mass is 318 g/mol. The number of halogens is 1. The third-order valence-corrected chi connectivity index (χ3v) is 3.25. The van der Waals surface area contributed by atoms with Gasteiger partial charge in [-0.3, -0.25) is 9.59 Å². The molecule has 0 aliphatic heterocycles. The van der Waals surface area contributed by atoms with Crippen LogP contribution in [-0.4, -0.2) is 18.3 Å². The molecule has 0 saturated heterocycles. The quantitative estimate of drug-likeness (QED) is 0.655. The second-order valence-electron chi connectivity index (χ2n) is 4.63. The summed E-state index contributed by atoms with van der Waals surface area (Å²) >= 11 is 5.95. The van der Waals surface area contributed by atoms with Gasteiger partial charge in [-0.1, -0.05) is 23.7 Å². The van der Waals surface area contributed by atoms with Crippen LogP contribution in [0.2, 0.25) is 5.02 Å². The Hall–Kier alpha value is -2.53. The molecule has 0 saturated carbocycles. The first-order valence-corrected chi connectivity index (χ1v) is 6.93. The highest BCUT2D eigenvalue weighted by molar-refractivity contribution is 6.33. The number of nitrogens with two attached hydrogens (primary N) is 1. The van der Waals surface area contributed by atoms with Crippen molar-refractivity contribution in [1.29, 1.82) is 0 Å². The number of hydrogen-bond donors (Lipinski definition) is 2. The van der Waals surface area contributed by atoms with E-state index in [4.69, 9.17) is 22.1 Å². The molecule has 0 radical (unpaired) electrons. The first-order chi connectivity index (χ1) is 10.5. The Labute approximate surface area is 133 Å². The van der Waals surface area contributed by atoms with Gasteiger partial charge in [-0.25, -0.2) is 0 Å². The van der Waals surface area contributed by atoms with Gasteiger partial charge < -0.3 is 15.8 Å². The van der Waals surface area contributed by atoms with Crippen LogP contribution >= 0.6 is 11.6 Å². The van der Waals surface area contributed by atoms with E-state index in [-0.39, 0.29) is 18.3 Å². The molecule has 114 valence electrons. The van der Waals surface area contributed by atoms with Gasteiger partial charge >= 0.3 is 0 Å². The SMILES string of the molecule is CC(=O)c1ccc(OCC(=O)Nc2ccccc2Cl)c(N)c1. The van der Waals surface area contributed by atoms with Crippen LogP contribution in [-0.2, 0) is 4.79 Å². The molecule has 0 spiro atoms. The summed E-state index contributed by atoms with van der Waals surface area (Å²) in [6.45, 7) is 1.24. The fourth-order valence-corrected chi connectivity index (χ4v) is 1.97. The Balaban J connectivity index is 1.97. The smallest absolute Gasteiger partial charge is 0.262 e. The minimum atomic E-state index is -0.358. The van der Waals surface area contributed by atoms with E-state index in [1.54, 1.807) is 36.4 Å². The second-order valence-corrected chi connectivity index (χ2v) is 5.03. The molecule has 6 heteroatoms. The van der Waals surface area contributed by atoms with Crippen molar-refractivity contribution in [2.75, 3.05) is 17.7 Å². The van der Waals surface area contributed by atoms with E-state index in [1.807, 2.05) is 0 Å². The summed E-state index contributed by atoms with van der Waals surface area (Å²) in [6.07, 6.45) is 0. The van der Waals surface area contributed by atoms with Gasteiger partial charge in [0.25, 0.3) is 5.91 Å². The average molecular weight is 319 g/mol. The molecule has 0 atom stereocenters. The largest absolute Gasteiger partial charge is 0.482 e. The van der Waals surface area contributed by atoms with Crippen molar-refractivity contribution in [2.24, 2.45) is 0 Å². The summed E-state index contributed by atoms with van der Waals surface area (Å²) in [5, 5.41) is 3.08. The third-order valence-electron chi connectivity index (χ3n) is 2.92. The second kappa shape index (κ2) is 6.95. The highest BCUT2D eigenvalue weighted by Gasteiger charge is 2.09. The predicted molar refractivity (Wildman–Crippen MR) is 86.4 cm³/mol. The number of carbonyl (C=O) groups excluding carboxylic acids is 2. The summed E-state index contributed by atoms with van der Waals surface area (Å²) in [7, 11) is 0. The Morgan fingerprint density at radius 1 is 1.23 bits per heavy atom. The number of Topliss-reactive ketones (excluding diaryl/α,β-unsaturated/α-hetero) is 1. The maximum atomic E-state index is 11.8. The van der Waals surface area contributed by atoms with Crippen molar-refractivity contribution >= 4 is 34.7 Å². The van der Waals surface area contributed by atoms with Crippen LogP contribution in [0.1, 0.15) is 17.3 Å². The van der Waals surface area contributed by atoms with Crippen molar-refractivity contribution in [3.63, 3.8) is 0 Å². The van der Waals surface area contributed by atoms with Crippen LogP contribution in [0.4, 0.5) is 11.4 Å². The molecule has 22 heavy (non-hydrogen) atoms. The third kappa shape index (κ3) is 3.99. The Morgan fingerprint density at radius 3 is 2.59 bits per heavy atom. The molecule has 2 aromatic rings. The van der Waals surface area contributed by atoms with Crippen LogP contribution in [0.3, 0.4) is 0 Å². The van der Waals surface area contributed by atoms with Gasteiger partial charge in [0.1, 0.15) is 5.75 Å². The van der Waals surface area contributed by atoms with Gasteiger partial charge in [-0.05, 0) is 37.3 Å². The molecule has 3 N–H and O–H groups in total. The van der Waals surface area contributed by atoms with Crippen molar-refractivity contribution in [1.82, 2.24) is 0 Å². The average Bonchev–Trinajstić information content (AvgIpc) is 2.48. The first-order valence-electron chi connectivity index (χ1n) is 6.55. The summed E-state index contributed by atoms with van der Waals surface area (Å²) in [6, 6.07) is 11.6. The Kier molecular flexibility index (Phi) is 5.01. The number of benzene rings is 2. The Bertz CT molecular complexity index is 716.